The van der Waals surface area contributed by atoms with Gasteiger partial charge in [-0.1, -0.05) is 30.4 Å². The van der Waals surface area contributed by atoms with Gasteiger partial charge >= 0.3 is 0 Å². The summed E-state index contributed by atoms with van der Waals surface area (Å²) in [7, 11) is 0. The molecule has 0 radical (unpaired) electrons. The summed E-state index contributed by atoms with van der Waals surface area (Å²) in [6, 6.07) is 6.66. The first-order valence-electron chi connectivity index (χ1n) is 7.88. The van der Waals surface area contributed by atoms with Crippen molar-refractivity contribution in [2.75, 3.05) is 19.7 Å². The molecule has 0 saturated carbocycles. The number of ether oxygens (including phenoxy) is 1. The molecule has 1 aromatic rings. The molecule has 0 bridgehead atoms. The molecule has 0 spiro atoms. The van der Waals surface area contributed by atoms with E-state index in [4.69, 9.17) is 4.74 Å². The SMILES string of the molecule is Cl.OC1(OCC2CCNCC2)C=CC(c2ccccc2F)=CC1. The van der Waals surface area contributed by atoms with Gasteiger partial charge in [0.2, 0.25) is 0 Å². The first-order valence-corrected chi connectivity index (χ1v) is 7.88. The fraction of sp³-hybridized carbons (Fsp3) is 0.444. The molecule has 5 heteroatoms. The van der Waals surface area contributed by atoms with Gasteiger partial charge in [0, 0.05) is 12.0 Å². The van der Waals surface area contributed by atoms with E-state index in [2.05, 4.69) is 5.32 Å². The van der Waals surface area contributed by atoms with E-state index in [0.29, 0.717) is 24.5 Å². The van der Waals surface area contributed by atoms with Gasteiger partial charge in [0.15, 0.2) is 5.79 Å². The van der Waals surface area contributed by atoms with Gasteiger partial charge in [-0.25, -0.2) is 4.39 Å². The second-order valence-corrected chi connectivity index (χ2v) is 6.03. The van der Waals surface area contributed by atoms with E-state index in [1.165, 1.54) is 6.07 Å². The first kappa shape index (κ1) is 18.1. The molecule has 126 valence electrons. The molecule has 23 heavy (non-hydrogen) atoms. The average molecular weight is 340 g/mol. The predicted molar refractivity (Wildman–Crippen MR) is 91.9 cm³/mol. The second-order valence-electron chi connectivity index (χ2n) is 6.03. The van der Waals surface area contributed by atoms with Gasteiger partial charge < -0.3 is 15.2 Å². The molecule has 1 aliphatic heterocycles. The Morgan fingerprint density at radius 1 is 1.26 bits per heavy atom. The van der Waals surface area contributed by atoms with E-state index >= 15 is 0 Å². The second kappa shape index (κ2) is 8.06. The van der Waals surface area contributed by atoms with Crippen LogP contribution < -0.4 is 5.32 Å². The van der Waals surface area contributed by atoms with Gasteiger partial charge in [0.05, 0.1) is 6.61 Å². The van der Waals surface area contributed by atoms with E-state index < -0.39 is 5.79 Å². The molecule has 3 rings (SSSR count). The molecule has 1 aromatic carbocycles. The summed E-state index contributed by atoms with van der Waals surface area (Å²) in [6.45, 7) is 2.59. The normalized spacial score (nSPS) is 24.9. The third-order valence-electron chi connectivity index (χ3n) is 4.35. The molecule has 3 nitrogen and oxygen atoms in total. The van der Waals surface area contributed by atoms with Crippen LogP contribution >= 0.6 is 12.4 Å². The summed E-state index contributed by atoms with van der Waals surface area (Å²) in [5, 5.41) is 13.8. The molecule has 0 aromatic heterocycles. The van der Waals surface area contributed by atoms with Gasteiger partial charge in [-0.15, -0.1) is 12.4 Å². The molecular formula is C18H23ClFNO2. The summed E-state index contributed by atoms with van der Waals surface area (Å²) < 4.78 is 19.5. The van der Waals surface area contributed by atoms with Gasteiger partial charge in [-0.3, -0.25) is 0 Å². The van der Waals surface area contributed by atoms with Crippen molar-refractivity contribution >= 4 is 18.0 Å². The fourth-order valence-electron chi connectivity index (χ4n) is 2.92. The van der Waals surface area contributed by atoms with Crippen LogP contribution in [-0.4, -0.2) is 30.6 Å². The van der Waals surface area contributed by atoms with Gasteiger partial charge in [0.1, 0.15) is 5.82 Å². The lowest BCUT2D eigenvalue weighted by Crippen LogP contribution is -2.36. The highest BCUT2D eigenvalue weighted by molar-refractivity contribution is 5.85. The first-order chi connectivity index (χ1) is 10.7. The molecule has 2 N–H and O–H groups in total. The number of hydrogen-bond donors (Lipinski definition) is 2. The van der Waals surface area contributed by atoms with E-state index in [1.54, 1.807) is 24.3 Å². The van der Waals surface area contributed by atoms with Crippen molar-refractivity contribution in [2.45, 2.75) is 25.0 Å². The predicted octanol–water partition coefficient (Wildman–Crippen LogP) is 3.30. The number of benzene rings is 1. The summed E-state index contributed by atoms with van der Waals surface area (Å²) in [5.41, 5.74) is 1.34. The Hall–Kier alpha value is -1.20. The molecule has 1 unspecified atom stereocenters. The van der Waals surface area contributed by atoms with Crippen molar-refractivity contribution in [3.63, 3.8) is 0 Å². The number of allylic oxidation sites excluding steroid dienone is 2. The van der Waals surface area contributed by atoms with Crippen molar-refractivity contribution in [3.05, 3.63) is 53.9 Å². The highest BCUT2D eigenvalue weighted by atomic mass is 35.5. The monoisotopic (exact) mass is 339 g/mol. The summed E-state index contributed by atoms with van der Waals surface area (Å²) >= 11 is 0. The Balaban J connectivity index is 0.00000192. The van der Waals surface area contributed by atoms with Crippen molar-refractivity contribution in [1.29, 1.82) is 0 Å². The molecule has 1 heterocycles. The third kappa shape index (κ3) is 4.64. The lowest BCUT2D eigenvalue weighted by Gasteiger charge is -2.30. The van der Waals surface area contributed by atoms with Crippen LogP contribution in [0.1, 0.15) is 24.8 Å². The van der Waals surface area contributed by atoms with E-state index in [9.17, 15) is 9.50 Å². The van der Waals surface area contributed by atoms with Crippen LogP contribution in [0.4, 0.5) is 4.39 Å². The molecule has 0 amide bonds. The minimum Gasteiger partial charge on any atom is -0.362 e. The molecule has 1 atom stereocenters. The van der Waals surface area contributed by atoms with Crippen LogP contribution in [0.15, 0.2) is 42.5 Å². The fourth-order valence-corrected chi connectivity index (χ4v) is 2.92. The number of halogens is 2. The van der Waals surface area contributed by atoms with Crippen LogP contribution in [0.3, 0.4) is 0 Å². The van der Waals surface area contributed by atoms with E-state index in [-0.39, 0.29) is 18.2 Å². The maximum atomic E-state index is 13.8. The average Bonchev–Trinajstić information content (AvgIpc) is 2.56. The standard InChI is InChI=1S/C18H22FNO2.ClH/c19-17-4-2-1-3-16(17)15-5-9-18(21,10-6-15)22-13-14-7-11-20-12-8-14;/h1-6,9,14,20-21H,7-8,10-13H2;1H. The zero-order valence-corrected chi connectivity index (χ0v) is 13.8. The Kier molecular flexibility index (Phi) is 6.36. The summed E-state index contributed by atoms with van der Waals surface area (Å²) in [4.78, 5) is 0. The number of piperidine rings is 1. The van der Waals surface area contributed by atoms with Crippen LogP contribution in [0.2, 0.25) is 0 Å². The lowest BCUT2D eigenvalue weighted by molar-refractivity contribution is -0.173. The van der Waals surface area contributed by atoms with Crippen LogP contribution in [0.25, 0.3) is 5.57 Å². The minimum atomic E-state index is -1.26. The van der Waals surface area contributed by atoms with E-state index in [0.717, 1.165) is 31.5 Å². The van der Waals surface area contributed by atoms with Crippen LogP contribution in [0, 0.1) is 11.7 Å². The highest BCUT2D eigenvalue weighted by Crippen LogP contribution is 2.29. The number of rotatable bonds is 4. The molecule has 1 aliphatic carbocycles. The molecule has 1 saturated heterocycles. The van der Waals surface area contributed by atoms with Crippen LogP contribution in [0.5, 0.6) is 0 Å². The van der Waals surface area contributed by atoms with Gasteiger partial charge in [0.25, 0.3) is 0 Å². The molecular weight excluding hydrogens is 317 g/mol. The van der Waals surface area contributed by atoms with Crippen LogP contribution in [-0.2, 0) is 4.74 Å². The Labute approximate surface area is 142 Å². The Bertz CT molecular complexity index is 584. The Morgan fingerprint density at radius 2 is 2.00 bits per heavy atom. The zero-order valence-electron chi connectivity index (χ0n) is 13.0. The van der Waals surface area contributed by atoms with Crippen molar-refractivity contribution in [3.8, 4) is 0 Å². The largest absolute Gasteiger partial charge is 0.362 e. The summed E-state index contributed by atoms with van der Waals surface area (Å²) in [6.07, 6.45) is 7.71. The lowest BCUT2D eigenvalue weighted by atomic mass is 9.95. The topological polar surface area (TPSA) is 41.5 Å². The molecule has 1 fully saturated rings. The smallest absolute Gasteiger partial charge is 0.189 e. The third-order valence-corrected chi connectivity index (χ3v) is 4.35. The number of aliphatic hydroxyl groups is 1. The number of hydrogen-bond acceptors (Lipinski definition) is 3. The highest BCUT2D eigenvalue weighted by Gasteiger charge is 2.28. The van der Waals surface area contributed by atoms with Gasteiger partial charge in [-0.05, 0) is 49.6 Å². The quantitative estimate of drug-likeness (QED) is 0.827. The van der Waals surface area contributed by atoms with Crippen molar-refractivity contribution in [2.24, 2.45) is 5.92 Å². The molecule has 2 aliphatic rings. The van der Waals surface area contributed by atoms with Crippen molar-refractivity contribution < 1.29 is 14.2 Å². The van der Waals surface area contributed by atoms with Gasteiger partial charge in [-0.2, -0.15) is 0 Å². The van der Waals surface area contributed by atoms with Crippen molar-refractivity contribution in [1.82, 2.24) is 5.32 Å². The number of nitrogens with one attached hydrogen (secondary N) is 1. The minimum absolute atomic E-state index is 0. The van der Waals surface area contributed by atoms with E-state index in [1.807, 2.05) is 12.1 Å². The zero-order chi connectivity index (χ0) is 15.4. The maximum absolute atomic E-state index is 13.8. The Morgan fingerprint density at radius 3 is 2.65 bits per heavy atom. The summed E-state index contributed by atoms with van der Waals surface area (Å²) in [5.74, 6) is -1.02. The maximum Gasteiger partial charge on any atom is 0.189 e.